The highest BCUT2D eigenvalue weighted by atomic mass is 16.1. The lowest BCUT2D eigenvalue weighted by atomic mass is 9.98. The molecule has 4 nitrogen and oxygen atoms in total. The van der Waals surface area contributed by atoms with E-state index in [0.717, 1.165) is 22.4 Å². The second kappa shape index (κ2) is 9.20. The van der Waals surface area contributed by atoms with Crippen molar-refractivity contribution in [3.05, 3.63) is 113 Å². The Labute approximate surface area is 165 Å². The fourth-order valence-corrected chi connectivity index (χ4v) is 2.89. The molecule has 0 saturated carbocycles. The number of nitriles is 1. The van der Waals surface area contributed by atoms with Gasteiger partial charge in [0.05, 0.1) is 6.04 Å². The lowest BCUT2D eigenvalue weighted by Gasteiger charge is -2.19. The van der Waals surface area contributed by atoms with Crippen LogP contribution in [-0.4, -0.2) is 5.91 Å². The molecule has 0 aliphatic carbocycles. The van der Waals surface area contributed by atoms with Crippen LogP contribution >= 0.6 is 0 Å². The lowest BCUT2D eigenvalue weighted by molar-refractivity contribution is -0.117. The van der Waals surface area contributed by atoms with Crippen LogP contribution in [0.25, 0.3) is 0 Å². The van der Waals surface area contributed by atoms with Crippen LogP contribution in [0.3, 0.4) is 0 Å². The number of para-hydroxylation sites is 1. The highest BCUT2D eigenvalue weighted by molar-refractivity contribution is 5.98. The Morgan fingerprint density at radius 3 is 1.96 bits per heavy atom. The molecule has 0 spiro atoms. The van der Waals surface area contributed by atoms with E-state index in [1.54, 1.807) is 0 Å². The maximum atomic E-state index is 12.8. The van der Waals surface area contributed by atoms with E-state index in [-0.39, 0.29) is 11.6 Å². The smallest absolute Gasteiger partial charge is 0.264 e. The molecule has 3 aromatic rings. The first-order chi connectivity index (χ1) is 13.7. The number of nitrogens with zero attached hydrogens (tertiary/aromatic N) is 1. The summed E-state index contributed by atoms with van der Waals surface area (Å²) in [5.74, 6) is -0.429. The van der Waals surface area contributed by atoms with E-state index in [0.29, 0.717) is 0 Å². The van der Waals surface area contributed by atoms with Crippen molar-refractivity contribution in [1.29, 1.82) is 5.26 Å². The molecule has 0 radical (unpaired) electrons. The van der Waals surface area contributed by atoms with Crippen LogP contribution in [0.5, 0.6) is 0 Å². The molecule has 0 fully saturated rings. The quantitative estimate of drug-likeness (QED) is 0.489. The van der Waals surface area contributed by atoms with Gasteiger partial charge < -0.3 is 10.6 Å². The standard InChI is InChI=1S/C24H21N3O/c1-18-10-8-9-15-22(18)26-17-21(16-25)24(28)27-23(19-11-4-2-5-12-19)20-13-6-3-7-14-20/h2-15,17,23,26H,1H3,(H,27,28)/b21-17-. The number of hydrogen-bond acceptors (Lipinski definition) is 3. The van der Waals surface area contributed by atoms with Crippen molar-refractivity contribution in [2.24, 2.45) is 0 Å². The van der Waals surface area contributed by atoms with E-state index in [4.69, 9.17) is 0 Å². The van der Waals surface area contributed by atoms with Gasteiger partial charge in [0.2, 0.25) is 0 Å². The summed E-state index contributed by atoms with van der Waals surface area (Å²) in [5, 5.41) is 15.5. The third kappa shape index (κ3) is 4.66. The molecule has 3 rings (SSSR count). The number of nitrogens with one attached hydrogen (secondary N) is 2. The van der Waals surface area contributed by atoms with Gasteiger partial charge in [0.15, 0.2) is 0 Å². The normalized spacial score (nSPS) is 11.0. The molecule has 0 bridgehead atoms. The van der Waals surface area contributed by atoms with Crippen LogP contribution in [0, 0.1) is 18.3 Å². The van der Waals surface area contributed by atoms with Gasteiger partial charge in [-0.2, -0.15) is 5.26 Å². The van der Waals surface area contributed by atoms with Crippen molar-refractivity contribution < 1.29 is 4.79 Å². The number of benzene rings is 3. The fraction of sp³-hybridized carbons (Fsp3) is 0.0833. The molecule has 0 aliphatic heterocycles. The van der Waals surface area contributed by atoms with Gasteiger partial charge in [0.1, 0.15) is 11.6 Å². The minimum absolute atomic E-state index is 0.0140. The van der Waals surface area contributed by atoms with E-state index in [9.17, 15) is 10.1 Å². The molecule has 0 aliphatic rings. The summed E-state index contributed by atoms with van der Waals surface area (Å²) in [6.45, 7) is 1.96. The average Bonchev–Trinajstić information content (AvgIpc) is 2.75. The predicted octanol–water partition coefficient (Wildman–Crippen LogP) is 4.72. The molecular formula is C24H21N3O. The van der Waals surface area contributed by atoms with Crippen molar-refractivity contribution >= 4 is 11.6 Å². The number of anilines is 1. The highest BCUT2D eigenvalue weighted by Gasteiger charge is 2.19. The van der Waals surface area contributed by atoms with E-state index in [2.05, 4.69) is 10.6 Å². The van der Waals surface area contributed by atoms with E-state index >= 15 is 0 Å². The molecule has 28 heavy (non-hydrogen) atoms. The minimum Gasteiger partial charge on any atom is -0.360 e. The van der Waals surface area contributed by atoms with Gasteiger partial charge in [-0.05, 0) is 29.7 Å². The molecule has 4 heteroatoms. The van der Waals surface area contributed by atoms with Crippen LogP contribution in [-0.2, 0) is 4.79 Å². The third-order valence-electron chi connectivity index (χ3n) is 4.42. The lowest BCUT2D eigenvalue weighted by Crippen LogP contribution is -2.30. The average molecular weight is 367 g/mol. The predicted molar refractivity (Wildman–Crippen MR) is 111 cm³/mol. The zero-order valence-corrected chi connectivity index (χ0v) is 15.6. The first-order valence-electron chi connectivity index (χ1n) is 9.02. The maximum Gasteiger partial charge on any atom is 0.264 e. The number of carbonyl (C=O) groups is 1. The molecule has 138 valence electrons. The Kier molecular flexibility index (Phi) is 6.22. The maximum absolute atomic E-state index is 12.8. The number of rotatable bonds is 6. The van der Waals surface area contributed by atoms with E-state index in [1.165, 1.54) is 6.20 Å². The Bertz CT molecular complexity index is 965. The molecule has 0 unspecified atom stereocenters. The van der Waals surface area contributed by atoms with Gasteiger partial charge in [-0.3, -0.25) is 4.79 Å². The molecule has 0 saturated heterocycles. The van der Waals surface area contributed by atoms with Crippen LogP contribution in [0.15, 0.2) is 96.7 Å². The SMILES string of the molecule is Cc1ccccc1N/C=C(/C#N)C(=O)NC(c1ccccc1)c1ccccc1. The van der Waals surface area contributed by atoms with Crippen molar-refractivity contribution in [3.8, 4) is 6.07 Å². The summed E-state index contributed by atoms with van der Waals surface area (Å²) in [4.78, 5) is 12.8. The van der Waals surface area contributed by atoms with Gasteiger partial charge in [-0.1, -0.05) is 78.9 Å². The number of amides is 1. The van der Waals surface area contributed by atoms with Gasteiger partial charge in [-0.25, -0.2) is 0 Å². The van der Waals surface area contributed by atoms with Crippen LogP contribution < -0.4 is 10.6 Å². The summed E-state index contributed by atoms with van der Waals surface area (Å²) >= 11 is 0. The Morgan fingerprint density at radius 2 is 1.43 bits per heavy atom. The summed E-state index contributed by atoms with van der Waals surface area (Å²) in [5.41, 5.74) is 3.80. The molecular weight excluding hydrogens is 346 g/mol. The first-order valence-corrected chi connectivity index (χ1v) is 9.02. The Hall–Kier alpha value is -3.84. The van der Waals surface area contributed by atoms with Gasteiger partial charge in [0.25, 0.3) is 5.91 Å². The molecule has 2 N–H and O–H groups in total. The van der Waals surface area contributed by atoms with E-state index < -0.39 is 5.91 Å². The first kappa shape index (κ1) is 18.9. The van der Waals surface area contributed by atoms with Gasteiger partial charge in [-0.15, -0.1) is 0 Å². The van der Waals surface area contributed by atoms with Crippen molar-refractivity contribution in [2.75, 3.05) is 5.32 Å². The molecule has 0 aromatic heterocycles. The number of aryl methyl sites for hydroxylation is 1. The van der Waals surface area contributed by atoms with Crippen LogP contribution in [0.1, 0.15) is 22.7 Å². The zero-order chi connectivity index (χ0) is 19.8. The summed E-state index contributed by atoms with van der Waals surface area (Å²) in [6.07, 6.45) is 1.45. The Balaban J connectivity index is 1.83. The molecule has 3 aromatic carbocycles. The summed E-state index contributed by atoms with van der Waals surface area (Å²) in [7, 11) is 0. The monoisotopic (exact) mass is 367 g/mol. The van der Waals surface area contributed by atoms with E-state index in [1.807, 2.05) is 97.9 Å². The highest BCUT2D eigenvalue weighted by Crippen LogP contribution is 2.22. The Morgan fingerprint density at radius 1 is 0.893 bits per heavy atom. The topological polar surface area (TPSA) is 64.9 Å². The second-order valence-electron chi connectivity index (χ2n) is 6.36. The number of hydrogen-bond donors (Lipinski definition) is 2. The van der Waals surface area contributed by atoms with Crippen molar-refractivity contribution in [1.82, 2.24) is 5.32 Å². The summed E-state index contributed by atoms with van der Waals surface area (Å²) in [6, 6.07) is 28.7. The largest absolute Gasteiger partial charge is 0.360 e. The minimum atomic E-state index is -0.429. The van der Waals surface area contributed by atoms with Crippen molar-refractivity contribution in [2.45, 2.75) is 13.0 Å². The molecule has 0 atom stereocenters. The van der Waals surface area contributed by atoms with Gasteiger partial charge in [0, 0.05) is 11.9 Å². The fourth-order valence-electron chi connectivity index (χ4n) is 2.89. The number of carbonyl (C=O) groups excluding carboxylic acids is 1. The molecule has 1 amide bonds. The van der Waals surface area contributed by atoms with Crippen LogP contribution in [0.4, 0.5) is 5.69 Å². The molecule has 0 heterocycles. The zero-order valence-electron chi connectivity index (χ0n) is 15.6. The summed E-state index contributed by atoms with van der Waals surface area (Å²) < 4.78 is 0. The van der Waals surface area contributed by atoms with Crippen molar-refractivity contribution in [3.63, 3.8) is 0 Å². The van der Waals surface area contributed by atoms with Gasteiger partial charge >= 0.3 is 0 Å². The van der Waals surface area contributed by atoms with Crippen LogP contribution in [0.2, 0.25) is 0 Å². The second-order valence-corrected chi connectivity index (χ2v) is 6.36. The third-order valence-corrected chi connectivity index (χ3v) is 4.42.